The van der Waals surface area contributed by atoms with E-state index >= 15 is 0 Å². The molecule has 0 N–H and O–H groups in total. The van der Waals surface area contributed by atoms with E-state index in [1.54, 1.807) is 0 Å². The van der Waals surface area contributed by atoms with E-state index in [-0.39, 0.29) is 0 Å². The molecule has 1 aliphatic carbocycles. The molecule has 0 aromatic rings. The van der Waals surface area contributed by atoms with Crippen molar-refractivity contribution in [2.75, 3.05) is 0 Å². The Hall–Kier alpha value is -0.260. The van der Waals surface area contributed by atoms with Gasteiger partial charge in [0.2, 0.25) is 0 Å². The Morgan fingerprint density at radius 3 is 3.00 bits per heavy atom. The molecular weight excluding hydrogens is 120 g/mol. The van der Waals surface area contributed by atoms with Gasteiger partial charge in [0.15, 0.2) is 0 Å². The highest BCUT2D eigenvalue weighted by Crippen LogP contribution is 2.25. The van der Waals surface area contributed by atoms with E-state index in [1.807, 2.05) is 0 Å². The van der Waals surface area contributed by atoms with Crippen LogP contribution in [0.25, 0.3) is 0 Å². The Morgan fingerprint density at radius 1 is 1.60 bits per heavy atom. The second-order valence-corrected chi connectivity index (χ2v) is 3.41. The third-order valence-electron chi connectivity index (χ3n) is 2.19. The van der Waals surface area contributed by atoms with Crippen molar-refractivity contribution in [3.05, 3.63) is 18.6 Å². The van der Waals surface area contributed by atoms with Crippen LogP contribution in [0.3, 0.4) is 0 Å². The maximum atomic E-state index is 2.38. The van der Waals surface area contributed by atoms with Crippen LogP contribution in [-0.4, -0.2) is 0 Å². The van der Waals surface area contributed by atoms with Gasteiger partial charge in [-0.2, -0.15) is 0 Å². The largest absolute Gasteiger partial charge is 0.0880 e. The van der Waals surface area contributed by atoms with Crippen LogP contribution in [0.15, 0.2) is 12.2 Å². The summed E-state index contributed by atoms with van der Waals surface area (Å²) in [4.78, 5) is 0. The molecule has 0 nitrogen and oxygen atoms in total. The van der Waals surface area contributed by atoms with Gasteiger partial charge in [-0.15, -0.1) is 0 Å². The first kappa shape index (κ1) is 7.84. The third kappa shape index (κ3) is 2.17. The first-order chi connectivity index (χ1) is 4.83. The average Bonchev–Trinajstić information content (AvgIpc) is 1.88. The molecule has 0 aromatic heterocycles. The van der Waals surface area contributed by atoms with Crippen molar-refractivity contribution in [1.29, 1.82) is 0 Å². The van der Waals surface area contributed by atoms with Crippen molar-refractivity contribution >= 4 is 0 Å². The molecule has 1 aliphatic rings. The summed E-state index contributed by atoms with van der Waals surface area (Å²) in [5, 5.41) is 0. The van der Waals surface area contributed by atoms with Crippen LogP contribution < -0.4 is 0 Å². The van der Waals surface area contributed by atoms with Crippen LogP contribution >= 0.6 is 0 Å². The van der Waals surface area contributed by atoms with Crippen molar-refractivity contribution in [2.24, 2.45) is 11.8 Å². The van der Waals surface area contributed by atoms with E-state index in [4.69, 9.17) is 0 Å². The summed E-state index contributed by atoms with van der Waals surface area (Å²) in [6.45, 7) is 4.49. The zero-order valence-corrected chi connectivity index (χ0v) is 7.01. The standard InChI is InChI=1S/C10H17/c1-3-5-10-7-4-6-9(2)8-10/h3-4,7,9-10H,5-6,8H2,1-2H3. The first-order valence-electron chi connectivity index (χ1n) is 4.27. The molecule has 0 saturated heterocycles. The fraction of sp³-hybridized carbons (Fsp3) is 0.700. The fourth-order valence-corrected chi connectivity index (χ4v) is 1.67. The number of allylic oxidation sites excluding steroid dienone is 2. The molecule has 2 unspecified atom stereocenters. The molecule has 0 spiro atoms. The van der Waals surface area contributed by atoms with Crippen LogP contribution in [0.5, 0.6) is 0 Å². The summed E-state index contributed by atoms with van der Waals surface area (Å²) in [6.07, 6.45) is 10.9. The molecule has 2 atom stereocenters. The third-order valence-corrected chi connectivity index (χ3v) is 2.19. The second-order valence-electron chi connectivity index (χ2n) is 3.41. The SMILES string of the molecule is C[CH]CC1C=CCC(C)C1. The lowest BCUT2D eigenvalue weighted by Crippen LogP contribution is -2.07. The Morgan fingerprint density at radius 2 is 2.40 bits per heavy atom. The van der Waals surface area contributed by atoms with Gasteiger partial charge in [0.25, 0.3) is 0 Å². The summed E-state index contributed by atoms with van der Waals surface area (Å²) in [6, 6.07) is 0. The van der Waals surface area contributed by atoms with Gasteiger partial charge >= 0.3 is 0 Å². The molecule has 0 fully saturated rings. The lowest BCUT2D eigenvalue weighted by molar-refractivity contribution is 0.423. The molecule has 1 rings (SSSR count). The molecule has 1 radical (unpaired) electrons. The van der Waals surface area contributed by atoms with Gasteiger partial charge in [-0.3, -0.25) is 0 Å². The van der Waals surface area contributed by atoms with Gasteiger partial charge in [0.1, 0.15) is 0 Å². The summed E-state index contributed by atoms with van der Waals surface area (Å²) in [5.41, 5.74) is 0. The zero-order valence-electron chi connectivity index (χ0n) is 7.01. The summed E-state index contributed by atoms with van der Waals surface area (Å²) in [5.74, 6) is 1.75. The predicted molar refractivity (Wildman–Crippen MR) is 45.6 cm³/mol. The zero-order chi connectivity index (χ0) is 7.40. The van der Waals surface area contributed by atoms with Gasteiger partial charge in [0.05, 0.1) is 0 Å². The van der Waals surface area contributed by atoms with Gasteiger partial charge in [-0.25, -0.2) is 0 Å². The van der Waals surface area contributed by atoms with E-state index in [2.05, 4.69) is 32.4 Å². The topological polar surface area (TPSA) is 0 Å². The van der Waals surface area contributed by atoms with E-state index in [0.29, 0.717) is 0 Å². The Bertz CT molecular complexity index is 113. The first-order valence-corrected chi connectivity index (χ1v) is 4.27. The van der Waals surface area contributed by atoms with Crippen LogP contribution in [0.2, 0.25) is 0 Å². The Labute approximate surface area is 64.3 Å². The van der Waals surface area contributed by atoms with Crippen LogP contribution in [0.4, 0.5) is 0 Å². The normalized spacial score (nSPS) is 32.6. The van der Waals surface area contributed by atoms with Gasteiger partial charge in [-0.1, -0.05) is 26.0 Å². The number of rotatable bonds is 2. The minimum Gasteiger partial charge on any atom is -0.0880 e. The summed E-state index contributed by atoms with van der Waals surface area (Å²) < 4.78 is 0. The molecule has 0 amide bonds. The molecular formula is C10H17. The van der Waals surface area contributed by atoms with Crippen LogP contribution in [-0.2, 0) is 0 Å². The van der Waals surface area contributed by atoms with E-state index < -0.39 is 0 Å². The molecule has 0 aliphatic heterocycles. The van der Waals surface area contributed by atoms with E-state index in [9.17, 15) is 0 Å². The minimum absolute atomic E-state index is 0.841. The maximum absolute atomic E-state index is 2.38. The van der Waals surface area contributed by atoms with E-state index in [0.717, 1.165) is 11.8 Å². The highest BCUT2D eigenvalue weighted by molar-refractivity contribution is 4.96. The Balaban J connectivity index is 2.32. The molecule has 0 heterocycles. The highest BCUT2D eigenvalue weighted by atomic mass is 14.2. The summed E-state index contributed by atoms with van der Waals surface area (Å²) >= 11 is 0. The van der Waals surface area contributed by atoms with Crippen LogP contribution in [0.1, 0.15) is 33.1 Å². The predicted octanol–water partition coefficient (Wildman–Crippen LogP) is 3.20. The van der Waals surface area contributed by atoms with Crippen molar-refractivity contribution < 1.29 is 0 Å². The molecule has 57 valence electrons. The summed E-state index contributed by atoms with van der Waals surface area (Å²) in [7, 11) is 0. The van der Waals surface area contributed by atoms with E-state index in [1.165, 1.54) is 19.3 Å². The lowest BCUT2D eigenvalue weighted by Gasteiger charge is -2.20. The smallest absolute Gasteiger partial charge is 0.0228 e. The lowest BCUT2D eigenvalue weighted by atomic mass is 9.85. The van der Waals surface area contributed by atoms with Gasteiger partial charge < -0.3 is 0 Å². The number of hydrogen-bond donors (Lipinski definition) is 0. The highest BCUT2D eigenvalue weighted by Gasteiger charge is 2.12. The second kappa shape index (κ2) is 3.80. The van der Waals surface area contributed by atoms with Gasteiger partial charge in [0, 0.05) is 0 Å². The van der Waals surface area contributed by atoms with Crippen molar-refractivity contribution in [1.82, 2.24) is 0 Å². The van der Waals surface area contributed by atoms with Crippen molar-refractivity contribution in [3.8, 4) is 0 Å². The quantitative estimate of drug-likeness (QED) is 0.513. The van der Waals surface area contributed by atoms with Crippen molar-refractivity contribution in [3.63, 3.8) is 0 Å². The molecule has 10 heavy (non-hydrogen) atoms. The molecule has 0 aromatic carbocycles. The maximum Gasteiger partial charge on any atom is -0.0228 e. The number of hydrogen-bond acceptors (Lipinski definition) is 0. The Kier molecular flexibility index (Phi) is 2.98. The molecule has 0 heteroatoms. The molecule has 0 bridgehead atoms. The fourth-order valence-electron chi connectivity index (χ4n) is 1.67. The van der Waals surface area contributed by atoms with Crippen LogP contribution in [0, 0.1) is 18.3 Å². The minimum atomic E-state index is 0.841. The molecule has 0 saturated carbocycles. The van der Waals surface area contributed by atoms with Crippen molar-refractivity contribution in [2.45, 2.75) is 33.1 Å². The monoisotopic (exact) mass is 137 g/mol. The van der Waals surface area contributed by atoms with Gasteiger partial charge in [-0.05, 0) is 37.5 Å². The average molecular weight is 137 g/mol.